The summed E-state index contributed by atoms with van der Waals surface area (Å²) in [5.41, 5.74) is 0.908. The predicted octanol–water partition coefficient (Wildman–Crippen LogP) is 4.16. The topological polar surface area (TPSA) is 17.1 Å². The maximum Gasteiger partial charge on any atom is 0.197 e. The highest BCUT2D eigenvalue weighted by molar-refractivity contribution is 6.35. The number of carbonyl (C=O) groups excluding carboxylic acids is 1. The molecule has 0 unspecified atom stereocenters. The Labute approximate surface area is 108 Å². The molecule has 4 heteroatoms. The van der Waals surface area contributed by atoms with Crippen LogP contribution in [-0.2, 0) is 0 Å². The van der Waals surface area contributed by atoms with E-state index in [2.05, 4.69) is 0 Å². The summed E-state index contributed by atoms with van der Waals surface area (Å²) in [6.45, 7) is 1.83. The molecule has 0 saturated carbocycles. The molecule has 0 spiro atoms. The van der Waals surface area contributed by atoms with Gasteiger partial charge in [-0.15, -0.1) is 0 Å². The quantitative estimate of drug-likeness (QED) is 0.746. The maximum atomic E-state index is 13.5. The first-order chi connectivity index (χ1) is 8.49. The molecule has 0 aliphatic rings. The normalized spacial score (nSPS) is 10.4. The Bertz CT molecular complexity index is 570. The van der Waals surface area contributed by atoms with Gasteiger partial charge in [-0.25, -0.2) is 8.78 Å². The van der Waals surface area contributed by atoms with E-state index in [1.165, 1.54) is 6.07 Å². The van der Waals surface area contributed by atoms with E-state index < -0.39 is 17.4 Å². The van der Waals surface area contributed by atoms with Crippen LogP contribution in [-0.4, -0.2) is 5.78 Å². The Morgan fingerprint density at radius 2 is 1.72 bits per heavy atom. The van der Waals surface area contributed by atoms with Gasteiger partial charge in [-0.3, -0.25) is 4.79 Å². The lowest BCUT2D eigenvalue weighted by Crippen LogP contribution is -2.05. The molecule has 0 heterocycles. The van der Waals surface area contributed by atoms with E-state index in [1.54, 1.807) is 12.1 Å². The molecule has 2 rings (SSSR count). The molecule has 0 radical (unpaired) electrons. The van der Waals surface area contributed by atoms with Crippen LogP contribution < -0.4 is 0 Å². The van der Waals surface area contributed by atoms with Crippen molar-refractivity contribution >= 4 is 17.4 Å². The van der Waals surface area contributed by atoms with E-state index >= 15 is 0 Å². The lowest BCUT2D eigenvalue weighted by molar-refractivity contribution is 0.103. The van der Waals surface area contributed by atoms with Crippen LogP contribution in [0.5, 0.6) is 0 Å². The average Bonchev–Trinajstić information content (AvgIpc) is 2.28. The fraction of sp³-hybridized carbons (Fsp3) is 0.0714. The van der Waals surface area contributed by atoms with E-state index in [0.29, 0.717) is 6.07 Å². The zero-order valence-electron chi connectivity index (χ0n) is 9.51. The Hall–Kier alpha value is -1.74. The van der Waals surface area contributed by atoms with Gasteiger partial charge in [0.1, 0.15) is 11.6 Å². The van der Waals surface area contributed by atoms with Gasteiger partial charge in [0.05, 0.1) is 10.6 Å². The summed E-state index contributed by atoms with van der Waals surface area (Å²) in [7, 11) is 0. The first-order valence-electron chi connectivity index (χ1n) is 5.25. The summed E-state index contributed by atoms with van der Waals surface area (Å²) in [5, 5.41) is 0.253. The number of benzene rings is 2. The Morgan fingerprint density at radius 3 is 2.33 bits per heavy atom. The second kappa shape index (κ2) is 4.86. The number of halogens is 3. The van der Waals surface area contributed by atoms with Crippen LogP contribution in [0.1, 0.15) is 21.5 Å². The summed E-state index contributed by atoms with van der Waals surface area (Å²) in [6.07, 6.45) is 0. The summed E-state index contributed by atoms with van der Waals surface area (Å²) >= 11 is 5.94. The van der Waals surface area contributed by atoms with Crippen molar-refractivity contribution in [3.8, 4) is 0 Å². The van der Waals surface area contributed by atoms with Crippen molar-refractivity contribution in [1.82, 2.24) is 0 Å². The predicted molar refractivity (Wildman–Crippen MR) is 66.0 cm³/mol. The van der Waals surface area contributed by atoms with Crippen molar-refractivity contribution in [3.05, 3.63) is 69.7 Å². The Morgan fingerprint density at radius 1 is 1.06 bits per heavy atom. The molecule has 0 fully saturated rings. The molecule has 1 nitrogen and oxygen atoms in total. The van der Waals surface area contributed by atoms with Gasteiger partial charge in [-0.05, 0) is 36.8 Å². The second-order valence-electron chi connectivity index (χ2n) is 3.94. The van der Waals surface area contributed by atoms with E-state index in [-0.39, 0.29) is 16.1 Å². The molecule has 0 aromatic heterocycles. The number of hydrogen-bond donors (Lipinski definition) is 0. The second-order valence-corrected chi connectivity index (χ2v) is 4.34. The summed E-state index contributed by atoms with van der Waals surface area (Å²) < 4.78 is 26.3. The van der Waals surface area contributed by atoms with Crippen LogP contribution in [0.4, 0.5) is 8.78 Å². The van der Waals surface area contributed by atoms with Crippen molar-refractivity contribution < 1.29 is 13.6 Å². The Balaban J connectivity index is 2.48. The summed E-state index contributed by atoms with van der Waals surface area (Å²) in [4.78, 5) is 12.1. The third-order valence-electron chi connectivity index (χ3n) is 2.54. The molecular weight excluding hydrogens is 258 g/mol. The minimum atomic E-state index is -0.892. The van der Waals surface area contributed by atoms with Crippen molar-refractivity contribution in [2.24, 2.45) is 0 Å². The average molecular weight is 267 g/mol. The van der Waals surface area contributed by atoms with Gasteiger partial charge in [0.25, 0.3) is 0 Å². The van der Waals surface area contributed by atoms with Crippen LogP contribution in [0.15, 0.2) is 36.4 Å². The van der Waals surface area contributed by atoms with Crippen LogP contribution in [0.25, 0.3) is 0 Å². The monoisotopic (exact) mass is 266 g/mol. The number of ketones is 1. The molecule has 0 N–H and O–H groups in total. The smallest absolute Gasteiger partial charge is 0.197 e. The minimum absolute atomic E-state index is 0.192. The van der Waals surface area contributed by atoms with Gasteiger partial charge in [-0.1, -0.05) is 17.7 Å². The third-order valence-corrected chi connectivity index (χ3v) is 2.86. The molecule has 2 aromatic rings. The first-order valence-corrected chi connectivity index (χ1v) is 5.63. The van der Waals surface area contributed by atoms with Gasteiger partial charge < -0.3 is 0 Å². The highest BCUT2D eigenvalue weighted by atomic mass is 35.5. The zero-order valence-corrected chi connectivity index (χ0v) is 10.3. The first kappa shape index (κ1) is 12.7. The third kappa shape index (κ3) is 2.41. The summed E-state index contributed by atoms with van der Waals surface area (Å²) in [6, 6.07) is 7.69. The summed E-state index contributed by atoms with van der Waals surface area (Å²) in [5.74, 6) is -2.17. The zero-order chi connectivity index (χ0) is 13.3. The molecule has 0 bridgehead atoms. The van der Waals surface area contributed by atoms with Crippen molar-refractivity contribution in [1.29, 1.82) is 0 Å². The molecule has 2 aromatic carbocycles. The van der Waals surface area contributed by atoms with E-state index in [4.69, 9.17) is 11.6 Å². The Kier molecular flexibility index (Phi) is 3.43. The molecule has 0 atom stereocenters. The van der Waals surface area contributed by atoms with Gasteiger partial charge >= 0.3 is 0 Å². The van der Waals surface area contributed by atoms with Gasteiger partial charge in [-0.2, -0.15) is 0 Å². The largest absolute Gasteiger partial charge is 0.288 e. The van der Waals surface area contributed by atoms with E-state index in [0.717, 1.165) is 17.7 Å². The SMILES string of the molecule is Cc1ccc(C(=O)c2ccc(F)cc2F)c(Cl)c1. The molecule has 0 amide bonds. The van der Waals surface area contributed by atoms with Gasteiger partial charge in [0, 0.05) is 11.6 Å². The number of carbonyl (C=O) groups is 1. The number of rotatable bonds is 2. The van der Waals surface area contributed by atoms with Crippen molar-refractivity contribution in [3.63, 3.8) is 0 Å². The maximum absolute atomic E-state index is 13.5. The standard InChI is InChI=1S/C14H9ClF2O/c1-8-2-4-10(12(15)6-8)14(18)11-5-3-9(16)7-13(11)17/h2-7H,1H3. The molecule has 0 aliphatic heterocycles. The van der Waals surface area contributed by atoms with Crippen molar-refractivity contribution in [2.75, 3.05) is 0 Å². The number of hydrogen-bond acceptors (Lipinski definition) is 1. The highest BCUT2D eigenvalue weighted by Gasteiger charge is 2.17. The lowest BCUT2D eigenvalue weighted by atomic mass is 10.0. The molecular formula is C14H9ClF2O. The lowest BCUT2D eigenvalue weighted by Gasteiger charge is -2.05. The molecule has 0 aliphatic carbocycles. The molecule has 18 heavy (non-hydrogen) atoms. The van der Waals surface area contributed by atoms with Crippen LogP contribution >= 0.6 is 11.6 Å². The number of aryl methyl sites for hydroxylation is 1. The highest BCUT2D eigenvalue weighted by Crippen LogP contribution is 2.22. The van der Waals surface area contributed by atoms with Crippen LogP contribution in [0, 0.1) is 18.6 Å². The van der Waals surface area contributed by atoms with Crippen molar-refractivity contribution in [2.45, 2.75) is 6.92 Å². The molecule has 0 saturated heterocycles. The minimum Gasteiger partial charge on any atom is -0.288 e. The van der Waals surface area contributed by atoms with E-state index in [9.17, 15) is 13.6 Å². The van der Waals surface area contributed by atoms with Crippen LogP contribution in [0.3, 0.4) is 0 Å². The fourth-order valence-electron chi connectivity index (χ4n) is 1.62. The van der Waals surface area contributed by atoms with Gasteiger partial charge in [0.15, 0.2) is 5.78 Å². The fourth-order valence-corrected chi connectivity index (χ4v) is 1.94. The van der Waals surface area contributed by atoms with Gasteiger partial charge in [0.2, 0.25) is 0 Å². The van der Waals surface area contributed by atoms with E-state index in [1.807, 2.05) is 6.92 Å². The molecule has 92 valence electrons. The van der Waals surface area contributed by atoms with Crippen LogP contribution in [0.2, 0.25) is 5.02 Å².